The lowest BCUT2D eigenvalue weighted by molar-refractivity contribution is -0.141. The largest absolute Gasteiger partial charge is 0.460 e. The van der Waals surface area contributed by atoms with Gasteiger partial charge in [0.25, 0.3) is 5.78 Å². The Bertz CT molecular complexity index is 425. The average Bonchev–Trinajstić information content (AvgIpc) is 2.27. The molecule has 92 valence electrons. The second-order valence-corrected chi connectivity index (χ2v) is 2.98. The van der Waals surface area contributed by atoms with Gasteiger partial charge in [0.05, 0.1) is 6.61 Å². The first-order valence-corrected chi connectivity index (χ1v) is 4.61. The molecule has 0 amide bonds. The summed E-state index contributed by atoms with van der Waals surface area (Å²) >= 11 is 0. The molecule has 0 aliphatic rings. The van der Waals surface area contributed by atoms with E-state index in [4.69, 9.17) is 0 Å². The van der Waals surface area contributed by atoms with Crippen LogP contribution in [0.2, 0.25) is 0 Å². The van der Waals surface area contributed by atoms with Gasteiger partial charge in [-0.15, -0.1) is 0 Å². The van der Waals surface area contributed by atoms with Crippen molar-refractivity contribution in [2.45, 2.75) is 13.1 Å². The molecule has 1 aromatic heterocycles. The van der Waals surface area contributed by atoms with Crippen LogP contribution in [-0.4, -0.2) is 23.3 Å². The van der Waals surface area contributed by atoms with Gasteiger partial charge in [-0.1, -0.05) is 0 Å². The van der Waals surface area contributed by atoms with E-state index in [2.05, 4.69) is 9.72 Å². The fraction of sp³-hybridized carbons (Fsp3) is 0.300. The summed E-state index contributed by atoms with van der Waals surface area (Å²) in [6.45, 7) is 1.52. The summed E-state index contributed by atoms with van der Waals surface area (Å²) in [5.41, 5.74) is -1.37. The van der Waals surface area contributed by atoms with Gasteiger partial charge in [-0.25, -0.2) is 4.79 Å². The topological polar surface area (TPSA) is 56.3 Å². The Morgan fingerprint density at radius 3 is 2.41 bits per heavy atom. The van der Waals surface area contributed by atoms with E-state index in [1.807, 2.05) is 0 Å². The molecule has 1 aromatic rings. The summed E-state index contributed by atoms with van der Waals surface area (Å²) in [4.78, 5) is 25.4. The second-order valence-electron chi connectivity index (χ2n) is 2.98. The molecule has 1 heterocycles. The molecule has 0 aliphatic carbocycles. The summed E-state index contributed by atoms with van der Waals surface area (Å²) < 4.78 is 40.9. The van der Waals surface area contributed by atoms with Crippen LogP contribution in [0.4, 0.5) is 13.2 Å². The number of ether oxygens (including phenoxy) is 1. The van der Waals surface area contributed by atoms with E-state index in [0.717, 1.165) is 6.07 Å². The molecule has 0 bridgehead atoms. The molecule has 0 atom stereocenters. The highest BCUT2D eigenvalue weighted by Crippen LogP contribution is 2.27. The molecule has 0 spiro atoms. The Kier molecular flexibility index (Phi) is 3.82. The van der Waals surface area contributed by atoms with Crippen molar-refractivity contribution in [3.63, 3.8) is 0 Å². The molecule has 0 fully saturated rings. The number of aromatic nitrogens is 1. The molecule has 17 heavy (non-hydrogen) atoms. The number of pyridine rings is 1. The van der Waals surface area contributed by atoms with Crippen LogP contribution < -0.4 is 0 Å². The number of nitrogens with zero attached hydrogens (tertiary/aromatic N) is 1. The third kappa shape index (κ3) is 3.27. The van der Waals surface area contributed by atoms with E-state index in [0.29, 0.717) is 12.3 Å². The Balaban J connectivity index is 2.88. The Morgan fingerprint density at radius 2 is 2.00 bits per heavy atom. The van der Waals surface area contributed by atoms with Gasteiger partial charge in [-0.05, 0) is 19.1 Å². The standard InChI is InChI=1S/C10H8F3NO3/c1-2-17-9(16)8(15)6-3-4-7(14-5-6)10(11,12)13/h3-5H,2H2,1H3. The number of alkyl halides is 3. The fourth-order valence-electron chi connectivity index (χ4n) is 1.01. The van der Waals surface area contributed by atoms with E-state index >= 15 is 0 Å². The van der Waals surface area contributed by atoms with Crippen LogP contribution in [0, 0.1) is 0 Å². The number of esters is 1. The van der Waals surface area contributed by atoms with Gasteiger partial charge in [-0.2, -0.15) is 13.2 Å². The van der Waals surface area contributed by atoms with Gasteiger partial charge in [0.1, 0.15) is 5.69 Å². The average molecular weight is 247 g/mol. The summed E-state index contributed by atoms with van der Waals surface area (Å²) in [6, 6.07) is 1.52. The minimum absolute atomic E-state index is 0.0125. The molecule has 7 heteroatoms. The lowest BCUT2D eigenvalue weighted by atomic mass is 10.2. The van der Waals surface area contributed by atoms with Crippen molar-refractivity contribution in [2.24, 2.45) is 0 Å². The molecule has 0 unspecified atom stereocenters. The first-order valence-electron chi connectivity index (χ1n) is 4.61. The Labute approximate surface area is 94.4 Å². The van der Waals surface area contributed by atoms with Crippen LogP contribution in [0.1, 0.15) is 23.0 Å². The van der Waals surface area contributed by atoms with E-state index < -0.39 is 23.6 Å². The van der Waals surface area contributed by atoms with Crippen molar-refractivity contribution in [3.8, 4) is 0 Å². The highest BCUT2D eigenvalue weighted by Gasteiger charge is 2.32. The van der Waals surface area contributed by atoms with Crippen molar-refractivity contribution in [1.29, 1.82) is 0 Å². The zero-order valence-electron chi connectivity index (χ0n) is 8.75. The van der Waals surface area contributed by atoms with Crippen molar-refractivity contribution < 1.29 is 27.5 Å². The van der Waals surface area contributed by atoms with Gasteiger partial charge >= 0.3 is 12.1 Å². The second kappa shape index (κ2) is 4.94. The molecule has 1 rings (SSSR count). The van der Waals surface area contributed by atoms with E-state index in [1.54, 1.807) is 0 Å². The normalized spacial score (nSPS) is 11.1. The molecule has 0 aromatic carbocycles. The quantitative estimate of drug-likeness (QED) is 0.464. The summed E-state index contributed by atoms with van der Waals surface area (Å²) in [5.74, 6) is -2.14. The summed E-state index contributed by atoms with van der Waals surface area (Å²) in [7, 11) is 0. The summed E-state index contributed by atoms with van der Waals surface area (Å²) in [5, 5.41) is 0. The van der Waals surface area contributed by atoms with Crippen molar-refractivity contribution >= 4 is 11.8 Å². The van der Waals surface area contributed by atoms with Crippen molar-refractivity contribution in [2.75, 3.05) is 6.61 Å². The first kappa shape index (κ1) is 13.1. The highest BCUT2D eigenvalue weighted by atomic mass is 19.4. The van der Waals surface area contributed by atoms with Crippen LogP contribution >= 0.6 is 0 Å². The zero-order valence-corrected chi connectivity index (χ0v) is 8.75. The fourth-order valence-corrected chi connectivity index (χ4v) is 1.01. The van der Waals surface area contributed by atoms with Crippen LogP contribution in [0.3, 0.4) is 0 Å². The maximum absolute atomic E-state index is 12.2. The third-order valence-electron chi connectivity index (χ3n) is 1.78. The summed E-state index contributed by atoms with van der Waals surface area (Å²) in [6.07, 6.45) is -3.88. The SMILES string of the molecule is CCOC(=O)C(=O)c1ccc(C(F)(F)F)nc1. The maximum Gasteiger partial charge on any atom is 0.433 e. The maximum atomic E-state index is 12.2. The third-order valence-corrected chi connectivity index (χ3v) is 1.78. The first-order chi connectivity index (χ1) is 7.86. The van der Waals surface area contributed by atoms with Crippen LogP contribution in [0.25, 0.3) is 0 Å². The van der Waals surface area contributed by atoms with Gasteiger partial charge in [0, 0.05) is 11.8 Å². The monoisotopic (exact) mass is 247 g/mol. The van der Waals surface area contributed by atoms with E-state index in [-0.39, 0.29) is 12.2 Å². The Morgan fingerprint density at radius 1 is 1.35 bits per heavy atom. The number of carbonyl (C=O) groups is 2. The molecular weight excluding hydrogens is 239 g/mol. The predicted octanol–water partition coefficient (Wildman–Crippen LogP) is 1.85. The van der Waals surface area contributed by atoms with Crippen LogP contribution in [0.15, 0.2) is 18.3 Å². The number of carbonyl (C=O) groups excluding carboxylic acids is 2. The molecule has 0 aliphatic heterocycles. The highest BCUT2D eigenvalue weighted by molar-refractivity contribution is 6.40. The van der Waals surface area contributed by atoms with Gasteiger partial charge in [0.2, 0.25) is 0 Å². The molecule has 0 N–H and O–H groups in total. The zero-order chi connectivity index (χ0) is 13.1. The van der Waals surface area contributed by atoms with E-state index in [1.165, 1.54) is 6.92 Å². The van der Waals surface area contributed by atoms with Gasteiger partial charge in [0.15, 0.2) is 0 Å². The van der Waals surface area contributed by atoms with Crippen molar-refractivity contribution in [3.05, 3.63) is 29.6 Å². The molecular formula is C10H8F3NO3. The number of halogens is 3. The number of rotatable bonds is 3. The molecule has 4 nitrogen and oxygen atoms in total. The van der Waals surface area contributed by atoms with E-state index in [9.17, 15) is 22.8 Å². The van der Waals surface area contributed by atoms with Crippen LogP contribution in [-0.2, 0) is 15.7 Å². The van der Waals surface area contributed by atoms with Gasteiger partial charge < -0.3 is 4.74 Å². The van der Waals surface area contributed by atoms with Crippen molar-refractivity contribution in [1.82, 2.24) is 4.98 Å². The molecule has 0 radical (unpaired) electrons. The predicted molar refractivity (Wildman–Crippen MR) is 50.2 cm³/mol. The minimum atomic E-state index is -4.58. The smallest absolute Gasteiger partial charge is 0.433 e. The number of hydrogen-bond donors (Lipinski definition) is 0. The number of Topliss-reactive ketones (excluding diaryl/α,β-unsaturated/α-hetero) is 1. The Hall–Kier alpha value is -1.92. The number of ketones is 1. The molecule has 0 saturated heterocycles. The van der Waals surface area contributed by atoms with Crippen LogP contribution in [0.5, 0.6) is 0 Å². The number of hydrogen-bond acceptors (Lipinski definition) is 4. The van der Waals surface area contributed by atoms with Gasteiger partial charge in [-0.3, -0.25) is 9.78 Å². The lowest BCUT2D eigenvalue weighted by Crippen LogP contribution is -2.18. The minimum Gasteiger partial charge on any atom is -0.460 e. The molecule has 0 saturated carbocycles. The lowest BCUT2D eigenvalue weighted by Gasteiger charge is -2.05.